The van der Waals surface area contributed by atoms with Crippen LogP contribution in [-0.2, 0) is 16.6 Å². The van der Waals surface area contributed by atoms with Gasteiger partial charge in [0.2, 0.25) is 10.0 Å². The molecule has 1 saturated heterocycles. The number of rotatable bonds is 6. The minimum atomic E-state index is -3.22. The van der Waals surface area contributed by atoms with E-state index in [9.17, 15) is 8.42 Å². The summed E-state index contributed by atoms with van der Waals surface area (Å²) in [7, 11) is -3.22. The number of pyridine rings is 1. The summed E-state index contributed by atoms with van der Waals surface area (Å²) < 4.78 is 26.5. The Morgan fingerprint density at radius 3 is 2.90 bits per heavy atom. The number of aromatic nitrogens is 1. The second-order valence-electron chi connectivity index (χ2n) is 5.24. The van der Waals surface area contributed by atoms with E-state index in [4.69, 9.17) is 0 Å². The minimum absolute atomic E-state index is 0.228. The summed E-state index contributed by atoms with van der Waals surface area (Å²) in [6.45, 7) is 4.53. The van der Waals surface area contributed by atoms with Crippen LogP contribution in [0, 0.1) is 5.92 Å². The van der Waals surface area contributed by atoms with Gasteiger partial charge < -0.3 is 5.32 Å². The van der Waals surface area contributed by atoms with E-state index in [1.54, 1.807) is 6.20 Å². The van der Waals surface area contributed by atoms with E-state index in [-0.39, 0.29) is 11.7 Å². The summed E-state index contributed by atoms with van der Waals surface area (Å²) >= 11 is 0. The zero-order chi connectivity index (χ0) is 14.4. The van der Waals surface area contributed by atoms with Crippen molar-refractivity contribution >= 4 is 10.0 Å². The molecule has 0 bridgehead atoms. The highest BCUT2D eigenvalue weighted by molar-refractivity contribution is 7.89. The second-order valence-corrected chi connectivity index (χ2v) is 7.25. The molecule has 5 nitrogen and oxygen atoms in total. The summed E-state index contributed by atoms with van der Waals surface area (Å²) in [6, 6.07) is 5.58. The molecule has 1 aliphatic rings. The Morgan fingerprint density at radius 2 is 2.30 bits per heavy atom. The first kappa shape index (κ1) is 15.4. The first-order valence-electron chi connectivity index (χ1n) is 7.20. The fraction of sp³-hybridized carbons (Fsp3) is 0.643. The standard InChI is InChI=1S/C14H23N3O2S/c1-2-17(11-14-7-3-4-9-16-14)20(18,19)12-13-6-5-8-15-10-13/h3-4,7,9,13,15H,2,5-6,8,10-12H2,1H3. The first-order valence-corrected chi connectivity index (χ1v) is 8.81. The molecule has 0 aliphatic carbocycles. The molecule has 6 heteroatoms. The number of nitrogens with zero attached hydrogens (tertiary/aromatic N) is 2. The van der Waals surface area contributed by atoms with Crippen molar-refractivity contribution in [3.05, 3.63) is 30.1 Å². The van der Waals surface area contributed by atoms with Crippen LogP contribution in [0.5, 0.6) is 0 Å². The maximum absolute atomic E-state index is 12.5. The Kier molecular flexibility index (Phi) is 5.51. The average molecular weight is 297 g/mol. The molecule has 2 heterocycles. The van der Waals surface area contributed by atoms with Gasteiger partial charge >= 0.3 is 0 Å². The van der Waals surface area contributed by atoms with Crippen LogP contribution in [0.15, 0.2) is 24.4 Å². The van der Waals surface area contributed by atoms with Gasteiger partial charge in [-0.05, 0) is 44.0 Å². The third-order valence-corrected chi connectivity index (χ3v) is 5.72. The van der Waals surface area contributed by atoms with E-state index < -0.39 is 10.0 Å². The predicted molar refractivity (Wildman–Crippen MR) is 79.7 cm³/mol. The lowest BCUT2D eigenvalue weighted by Gasteiger charge is -2.26. The van der Waals surface area contributed by atoms with Gasteiger partial charge in [0.05, 0.1) is 18.0 Å². The van der Waals surface area contributed by atoms with Gasteiger partial charge in [-0.3, -0.25) is 4.98 Å². The maximum Gasteiger partial charge on any atom is 0.214 e. The molecule has 2 rings (SSSR count). The fourth-order valence-corrected chi connectivity index (χ4v) is 4.36. The van der Waals surface area contributed by atoms with Crippen molar-refractivity contribution in [2.45, 2.75) is 26.3 Å². The number of nitrogens with one attached hydrogen (secondary N) is 1. The largest absolute Gasteiger partial charge is 0.316 e. The lowest BCUT2D eigenvalue weighted by atomic mass is 10.0. The van der Waals surface area contributed by atoms with Crippen LogP contribution in [0.3, 0.4) is 0 Å². The molecule has 1 N–H and O–H groups in total. The molecule has 1 aromatic heterocycles. The van der Waals surface area contributed by atoms with Crippen LogP contribution in [0.2, 0.25) is 0 Å². The third kappa shape index (κ3) is 4.26. The molecule has 20 heavy (non-hydrogen) atoms. The van der Waals surface area contributed by atoms with E-state index in [1.165, 1.54) is 4.31 Å². The van der Waals surface area contributed by atoms with Crippen molar-refractivity contribution in [3.63, 3.8) is 0 Å². The average Bonchev–Trinajstić information content (AvgIpc) is 2.46. The monoisotopic (exact) mass is 297 g/mol. The van der Waals surface area contributed by atoms with Crippen molar-refractivity contribution in [1.29, 1.82) is 0 Å². The molecule has 1 fully saturated rings. The lowest BCUT2D eigenvalue weighted by molar-refractivity contribution is 0.379. The summed E-state index contributed by atoms with van der Waals surface area (Å²) in [4.78, 5) is 4.21. The third-order valence-electron chi connectivity index (χ3n) is 3.66. The summed E-state index contributed by atoms with van der Waals surface area (Å²) in [5.74, 6) is 0.465. The van der Waals surface area contributed by atoms with Gasteiger partial charge in [-0.15, -0.1) is 0 Å². The number of hydrogen-bond donors (Lipinski definition) is 1. The van der Waals surface area contributed by atoms with Crippen LogP contribution in [0.1, 0.15) is 25.5 Å². The summed E-state index contributed by atoms with van der Waals surface area (Å²) in [5.41, 5.74) is 0.791. The quantitative estimate of drug-likeness (QED) is 0.858. The smallest absolute Gasteiger partial charge is 0.214 e. The number of sulfonamides is 1. The molecule has 1 aliphatic heterocycles. The van der Waals surface area contributed by atoms with E-state index in [1.807, 2.05) is 25.1 Å². The predicted octanol–water partition coefficient (Wildman–Crippen LogP) is 1.23. The molecule has 0 amide bonds. The zero-order valence-electron chi connectivity index (χ0n) is 12.0. The highest BCUT2D eigenvalue weighted by Gasteiger charge is 2.26. The molecular formula is C14H23N3O2S. The van der Waals surface area contributed by atoms with Crippen molar-refractivity contribution in [2.24, 2.45) is 5.92 Å². The molecule has 0 radical (unpaired) electrons. The van der Waals surface area contributed by atoms with Crippen LogP contribution in [0.25, 0.3) is 0 Å². The van der Waals surface area contributed by atoms with E-state index in [0.29, 0.717) is 13.1 Å². The molecule has 112 valence electrons. The van der Waals surface area contributed by atoms with E-state index >= 15 is 0 Å². The topological polar surface area (TPSA) is 62.3 Å². The van der Waals surface area contributed by atoms with Crippen LogP contribution in [0.4, 0.5) is 0 Å². The number of piperidine rings is 1. The van der Waals surface area contributed by atoms with E-state index in [0.717, 1.165) is 31.6 Å². The van der Waals surface area contributed by atoms with Gasteiger partial charge in [0.15, 0.2) is 0 Å². The van der Waals surface area contributed by atoms with Crippen molar-refractivity contribution < 1.29 is 8.42 Å². The van der Waals surface area contributed by atoms with E-state index in [2.05, 4.69) is 10.3 Å². The van der Waals surface area contributed by atoms with Gasteiger partial charge in [-0.2, -0.15) is 4.31 Å². The van der Waals surface area contributed by atoms with Crippen molar-refractivity contribution in [1.82, 2.24) is 14.6 Å². The van der Waals surface area contributed by atoms with Gasteiger partial charge in [0.25, 0.3) is 0 Å². The van der Waals surface area contributed by atoms with Crippen LogP contribution in [-0.4, -0.2) is 43.1 Å². The summed E-state index contributed by atoms with van der Waals surface area (Å²) in [5, 5.41) is 3.27. The molecule has 1 unspecified atom stereocenters. The second kappa shape index (κ2) is 7.15. The molecular weight excluding hydrogens is 274 g/mol. The molecule has 1 atom stereocenters. The van der Waals surface area contributed by atoms with Gasteiger partial charge in [-0.1, -0.05) is 13.0 Å². The van der Waals surface area contributed by atoms with Crippen LogP contribution < -0.4 is 5.32 Å². The molecule has 0 aromatic carbocycles. The van der Waals surface area contributed by atoms with Gasteiger partial charge in [-0.25, -0.2) is 8.42 Å². The van der Waals surface area contributed by atoms with Gasteiger partial charge in [0.1, 0.15) is 0 Å². The highest BCUT2D eigenvalue weighted by atomic mass is 32.2. The Balaban J connectivity index is 2.01. The fourth-order valence-electron chi connectivity index (χ4n) is 2.55. The lowest BCUT2D eigenvalue weighted by Crippen LogP contribution is -2.39. The van der Waals surface area contributed by atoms with Gasteiger partial charge in [0, 0.05) is 12.7 Å². The Hall–Kier alpha value is -0.980. The Bertz CT molecular complexity index is 498. The SMILES string of the molecule is CCN(Cc1ccccn1)S(=O)(=O)CC1CCCNC1. The summed E-state index contributed by atoms with van der Waals surface area (Å²) in [6.07, 6.45) is 3.75. The minimum Gasteiger partial charge on any atom is -0.316 e. The Morgan fingerprint density at radius 1 is 1.45 bits per heavy atom. The van der Waals surface area contributed by atoms with Crippen LogP contribution >= 0.6 is 0 Å². The van der Waals surface area contributed by atoms with Crippen molar-refractivity contribution in [2.75, 3.05) is 25.4 Å². The molecule has 0 spiro atoms. The maximum atomic E-state index is 12.5. The Labute approximate surface area is 121 Å². The zero-order valence-corrected chi connectivity index (χ0v) is 12.8. The van der Waals surface area contributed by atoms with Crippen molar-refractivity contribution in [3.8, 4) is 0 Å². The molecule has 1 aromatic rings. The highest BCUT2D eigenvalue weighted by Crippen LogP contribution is 2.16. The first-order chi connectivity index (χ1) is 9.62. The number of hydrogen-bond acceptors (Lipinski definition) is 4. The normalized spacial score (nSPS) is 20.2. The molecule has 0 saturated carbocycles.